The lowest BCUT2D eigenvalue weighted by molar-refractivity contribution is -0.145. The highest BCUT2D eigenvalue weighted by Crippen LogP contribution is 2.23. The second-order valence-corrected chi connectivity index (χ2v) is 10.3. The van der Waals surface area contributed by atoms with E-state index in [9.17, 15) is 24.0 Å². The maximum absolute atomic E-state index is 12.6. The molecule has 1 aromatic rings. The molecular formula is C29H42N2O7. The predicted molar refractivity (Wildman–Crippen MR) is 144 cm³/mol. The van der Waals surface area contributed by atoms with Crippen LogP contribution in [-0.2, 0) is 39.9 Å². The summed E-state index contributed by atoms with van der Waals surface area (Å²) in [5, 5.41) is 0. The van der Waals surface area contributed by atoms with Gasteiger partial charge in [0, 0.05) is 58.6 Å². The van der Waals surface area contributed by atoms with E-state index in [1.54, 1.807) is 38.4 Å². The highest BCUT2D eigenvalue weighted by Gasteiger charge is 2.28. The van der Waals surface area contributed by atoms with Gasteiger partial charge in [0.05, 0.1) is 19.1 Å². The Morgan fingerprint density at radius 2 is 1.68 bits per heavy atom. The fourth-order valence-electron chi connectivity index (χ4n) is 4.18. The van der Waals surface area contributed by atoms with Crippen molar-refractivity contribution in [1.29, 1.82) is 0 Å². The average Bonchev–Trinajstić information content (AvgIpc) is 2.87. The number of nitrogens with zero attached hydrogens (tertiary/aromatic N) is 2. The largest absolute Gasteiger partial charge is 0.466 e. The molecule has 1 aliphatic carbocycles. The second-order valence-electron chi connectivity index (χ2n) is 10.3. The first kappa shape index (κ1) is 31.1. The smallest absolute Gasteiger partial charge is 0.306 e. The Bertz CT molecular complexity index is 958. The number of carbonyl (C=O) groups excluding carboxylic acids is 5. The number of Topliss-reactive ketones (excluding diaryl/α,β-unsaturated/α-hetero) is 2. The first-order valence-electron chi connectivity index (χ1n) is 13.5. The Labute approximate surface area is 225 Å². The zero-order valence-electron chi connectivity index (χ0n) is 23.2. The fraction of sp³-hybridized carbons (Fsp3) is 0.621. The molecule has 0 radical (unpaired) electrons. The van der Waals surface area contributed by atoms with Gasteiger partial charge in [-0.15, -0.1) is 0 Å². The SMILES string of the molecule is CC(C)CC(=O)OCCCOCCN(C)C(=O)CC(=O)N(C)c1ccc(CC(=O)C2CCCCC2=O)cc1. The molecule has 1 saturated carbocycles. The summed E-state index contributed by atoms with van der Waals surface area (Å²) in [5.41, 5.74) is 1.41. The average molecular weight is 531 g/mol. The van der Waals surface area contributed by atoms with Crippen LogP contribution in [0.1, 0.15) is 64.4 Å². The minimum Gasteiger partial charge on any atom is -0.466 e. The van der Waals surface area contributed by atoms with Gasteiger partial charge in [-0.1, -0.05) is 32.4 Å². The standard InChI is InChI=1S/C29H42N2O7/c1-21(2)18-29(36)38-16-7-15-37-17-14-30(3)27(34)20-28(35)31(4)23-12-10-22(11-13-23)19-26(33)24-8-5-6-9-25(24)32/h10-13,21,24H,5-9,14-20H2,1-4H3. The maximum Gasteiger partial charge on any atom is 0.306 e. The van der Waals surface area contributed by atoms with E-state index in [-0.39, 0.29) is 48.1 Å². The zero-order valence-corrected chi connectivity index (χ0v) is 23.2. The van der Waals surface area contributed by atoms with Crippen molar-refractivity contribution in [2.75, 3.05) is 45.4 Å². The number of hydrogen-bond acceptors (Lipinski definition) is 7. The molecule has 0 heterocycles. The van der Waals surface area contributed by atoms with Crippen molar-refractivity contribution in [1.82, 2.24) is 4.90 Å². The van der Waals surface area contributed by atoms with Crippen molar-refractivity contribution < 1.29 is 33.4 Å². The molecule has 0 bridgehead atoms. The molecule has 1 aliphatic rings. The first-order chi connectivity index (χ1) is 18.1. The molecule has 0 saturated heterocycles. The molecular weight excluding hydrogens is 488 g/mol. The molecule has 0 spiro atoms. The van der Waals surface area contributed by atoms with Crippen LogP contribution in [0.25, 0.3) is 0 Å². The molecule has 2 amide bonds. The van der Waals surface area contributed by atoms with E-state index in [0.717, 1.165) is 18.4 Å². The summed E-state index contributed by atoms with van der Waals surface area (Å²) in [5.74, 6) is -1.09. The topological polar surface area (TPSA) is 110 Å². The number of rotatable bonds is 15. The lowest BCUT2D eigenvalue weighted by Gasteiger charge is -2.21. The molecule has 1 atom stereocenters. The summed E-state index contributed by atoms with van der Waals surface area (Å²) in [7, 11) is 3.23. The third kappa shape index (κ3) is 10.7. The predicted octanol–water partition coefficient (Wildman–Crippen LogP) is 3.36. The lowest BCUT2D eigenvalue weighted by Crippen LogP contribution is -2.36. The van der Waals surface area contributed by atoms with Gasteiger partial charge in [0.1, 0.15) is 18.0 Å². The monoisotopic (exact) mass is 530 g/mol. The fourth-order valence-corrected chi connectivity index (χ4v) is 4.18. The molecule has 9 nitrogen and oxygen atoms in total. The molecule has 1 unspecified atom stereocenters. The number of ether oxygens (including phenoxy) is 2. The number of carbonyl (C=O) groups is 5. The highest BCUT2D eigenvalue weighted by atomic mass is 16.5. The van der Waals surface area contributed by atoms with E-state index in [4.69, 9.17) is 9.47 Å². The van der Waals surface area contributed by atoms with Crippen LogP contribution < -0.4 is 4.90 Å². The number of anilines is 1. The summed E-state index contributed by atoms with van der Waals surface area (Å²) >= 11 is 0. The van der Waals surface area contributed by atoms with E-state index >= 15 is 0 Å². The molecule has 0 N–H and O–H groups in total. The van der Waals surface area contributed by atoms with Crippen LogP contribution in [0.5, 0.6) is 0 Å². The number of likely N-dealkylation sites (N-methyl/N-ethyl adjacent to an activating group) is 1. The van der Waals surface area contributed by atoms with Gasteiger partial charge in [0.25, 0.3) is 0 Å². The zero-order chi connectivity index (χ0) is 28.1. The summed E-state index contributed by atoms with van der Waals surface area (Å²) < 4.78 is 10.6. The van der Waals surface area contributed by atoms with Crippen LogP contribution in [0, 0.1) is 11.8 Å². The summed E-state index contributed by atoms with van der Waals surface area (Å²) in [6.07, 6.45) is 3.80. The highest BCUT2D eigenvalue weighted by molar-refractivity contribution is 6.05. The van der Waals surface area contributed by atoms with Crippen LogP contribution >= 0.6 is 0 Å². The van der Waals surface area contributed by atoms with Crippen LogP contribution in [0.2, 0.25) is 0 Å². The summed E-state index contributed by atoms with van der Waals surface area (Å²) in [6, 6.07) is 7.04. The van der Waals surface area contributed by atoms with E-state index in [1.807, 2.05) is 13.8 Å². The third-order valence-electron chi connectivity index (χ3n) is 6.59. The second kappa shape index (κ2) is 16.0. The van der Waals surface area contributed by atoms with Gasteiger partial charge in [-0.2, -0.15) is 0 Å². The van der Waals surface area contributed by atoms with Gasteiger partial charge in [-0.3, -0.25) is 24.0 Å². The van der Waals surface area contributed by atoms with Gasteiger partial charge < -0.3 is 19.3 Å². The molecule has 1 fully saturated rings. The molecule has 9 heteroatoms. The Morgan fingerprint density at radius 3 is 2.34 bits per heavy atom. The normalized spacial score (nSPS) is 15.3. The summed E-state index contributed by atoms with van der Waals surface area (Å²) in [4.78, 5) is 64.0. The first-order valence-corrected chi connectivity index (χ1v) is 13.5. The van der Waals surface area contributed by atoms with Crippen molar-refractivity contribution in [3.8, 4) is 0 Å². The molecule has 2 rings (SSSR count). The molecule has 0 aliphatic heterocycles. The van der Waals surface area contributed by atoms with Crippen molar-refractivity contribution in [2.45, 2.75) is 65.2 Å². The summed E-state index contributed by atoms with van der Waals surface area (Å²) in [6.45, 7) is 5.29. The number of amides is 2. The Morgan fingerprint density at radius 1 is 0.974 bits per heavy atom. The van der Waals surface area contributed by atoms with Crippen LogP contribution in [0.15, 0.2) is 24.3 Å². The lowest BCUT2D eigenvalue weighted by atomic mass is 9.83. The minimum absolute atomic E-state index is 0.0456. The van der Waals surface area contributed by atoms with Gasteiger partial charge in [0.15, 0.2) is 0 Å². The van der Waals surface area contributed by atoms with Crippen molar-refractivity contribution in [3.63, 3.8) is 0 Å². The van der Waals surface area contributed by atoms with Gasteiger partial charge >= 0.3 is 5.97 Å². The van der Waals surface area contributed by atoms with Crippen molar-refractivity contribution in [2.24, 2.45) is 11.8 Å². The molecule has 210 valence electrons. The van der Waals surface area contributed by atoms with E-state index < -0.39 is 5.92 Å². The number of hydrogen-bond donors (Lipinski definition) is 0. The van der Waals surface area contributed by atoms with Crippen molar-refractivity contribution in [3.05, 3.63) is 29.8 Å². The Hall–Kier alpha value is -3.07. The van der Waals surface area contributed by atoms with Gasteiger partial charge in [-0.05, 0) is 36.5 Å². The van der Waals surface area contributed by atoms with Crippen LogP contribution in [-0.4, -0.2) is 74.7 Å². The number of esters is 1. The number of ketones is 2. The Balaban J connectivity index is 1.68. The minimum atomic E-state index is -0.486. The van der Waals surface area contributed by atoms with Gasteiger partial charge in [0.2, 0.25) is 11.8 Å². The van der Waals surface area contributed by atoms with Crippen molar-refractivity contribution >= 4 is 35.0 Å². The van der Waals surface area contributed by atoms with E-state index in [1.165, 1.54) is 9.80 Å². The van der Waals surface area contributed by atoms with E-state index in [2.05, 4.69) is 0 Å². The molecule has 0 aromatic heterocycles. The Kier molecular flexibility index (Phi) is 13.1. The molecule has 1 aromatic carbocycles. The van der Waals surface area contributed by atoms with E-state index in [0.29, 0.717) is 57.7 Å². The van der Waals surface area contributed by atoms with Crippen LogP contribution in [0.4, 0.5) is 5.69 Å². The van der Waals surface area contributed by atoms with Crippen LogP contribution in [0.3, 0.4) is 0 Å². The third-order valence-corrected chi connectivity index (χ3v) is 6.59. The number of benzene rings is 1. The van der Waals surface area contributed by atoms with Gasteiger partial charge in [-0.25, -0.2) is 0 Å². The quantitative estimate of drug-likeness (QED) is 0.194. The molecule has 38 heavy (non-hydrogen) atoms. The maximum atomic E-state index is 12.6.